The molecule has 4 aliphatic rings. The molecule has 0 saturated heterocycles. The highest BCUT2D eigenvalue weighted by molar-refractivity contribution is 8.00. The molecule has 0 amide bonds. The lowest BCUT2D eigenvalue weighted by atomic mass is 9.36. The van der Waals surface area contributed by atoms with E-state index in [0.29, 0.717) is 0 Å². The smallest absolute Gasteiger partial charge is 0.244 e. The van der Waals surface area contributed by atoms with Gasteiger partial charge in [-0.1, -0.05) is 275 Å². The van der Waals surface area contributed by atoms with Gasteiger partial charge in [0.05, 0.1) is 27.5 Å². The summed E-state index contributed by atoms with van der Waals surface area (Å²) in [4.78, 5) is 5.32. The van der Waals surface area contributed by atoms with Gasteiger partial charge in [0.2, 0.25) is 13.4 Å². The Bertz CT molecular complexity index is 5960. The van der Waals surface area contributed by atoms with Gasteiger partial charge in [0.25, 0.3) is 0 Å². The molecule has 0 fully saturated rings. The summed E-state index contributed by atoms with van der Waals surface area (Å²) in [5.41, 5.74) is 25.2. The maximum Gasteiger partial charge on any atom is 0.244 e. The molecule has 4 aromatic heterocycles. The van der Waals surface area contributed by atoms with Gasteiger partial charge in [0.15, 0.2) is 0 Å². The molecule has 0 bridgehead atoms. The topological polar surface area (TPSA) is 9.86 Å². The summed E-state index contributed by atoms with van der Waals surface area (Å²) in [6, 6.07) is 112. The van der Waals surface area contributed by atoms with Crippen molar-refractivity contribution in [1.29, 1.82) is 0 Å². The van der Waals surface area contributed by atoms with Gasteiger partial charge >= 0.3 is 0 Å². The Balaban J connectivity index is 0.860. The number of fused-ring (bicyclic) bond motifs is 30. The quantitative estimate of drug-likeness (QED) is 0.163. The normalized spacial score (nSPS) is 14.0. The van der Waals surface area contributed by atoms with Crippen LogP contribution in [0.15, 0.2) is 311 Å². The standard InChI is InChI=1S/C85H48B2N2S4/c1-3-19-49(20-4-1)86-65-27-11-17-33-75(65)92-83-67(86)43-41-63-77(83)59-47-51(88-69-29-13-7-25-57(69)79-71(88)45-37-55-53-23-9-15-31-73(53)90-81(55)79)35-39-61(59)85(63)62-40-36-52(89-70-30-14-8-26-58(70)80-72(89)46-38-56-54-24-10-16-32-74(54)91-82(56)80)48-60(62)78-64(85)42-44-68-84(78)93-76-34-18-12-28-66(76)87(68)50-21-5-2-6-22-50/h1-48H. The van der Waals surface area contributed by atoms with Gasteiger partial charge in [-0.3, -0.25) is 0 Å². The zero-order valence-corrected chi connectivity index (χ0v) is 53.2. The summed E-state index contributed by atoms with van der Waals surface area (Å²) < 4.78 is 10.5. The number of para-hydroxylation sites is 2. The van der Waals surface area contributed by atoms with E-state index in [4.69, 9.17) is 0 Å². The first-order chi connectivity index (χ1) is 46.2. The molecule has 0 radical (unpaired) electrons. The molecule has 93 heavy (non-hydrogen) atoms. The molecular formula is C85H48B2N2S4. The molecule has 0 N–H and O–H groups in total. The Hall–Kier alpha value is -10.1. The van der Waals surface area contributed by atoms with Gasteiger partial charge in [0, 0.05) is 104 Å². The van der Waals surface area contributed by atoms with Gasteiger partial charge in [-0.25, -0.2) is 0 Å². The van der Waals surface area contributed by atoms with Crippen LogP contribution in [-0.2, 0) is 5.41 Å². The number of rotatable bonds is 4. The molecule has 0 unspecified atom stereocenters. The van der Waals surface area contributed by atoms with Crippen LogP contribution in [0.25, 0.3) is 118 Å². The summed E-state index contributed by atoms with van der Waals surface area (Å²) in [6.45, 7) is 0.106. The highest BCUT2D eigenvalue weighted by Gasteiger charge is 2.55. The highest BCUT2D eigenvalue weighted by Crippen LogP contribution is 2.66. The molecule has 18 aromatic rings. The van der Waals surface area contributed by atoms with Gasteiger partial charge < -0.3 is 9.13 Å². The first kappa shape index (κ1) is 51.6. The van der Waals surface area contributed by atoms with E-state index in [1.54, 1.807) is 0 Å². The van der Waals surface area contributed by atoms with Crippen LogP contribution in [0, 0.1) is 0 Å². The van der Waals surface area contributed by atoms with E-state index >= 15 is 0 Å². The summed E-state index contributed by atoms with van der Waals surface area (Å²) in [7, 11) is 0. The van der Waals surface area contributed by atoms with E-state index in [1.165, 1.54) is 181 Å². The van der Waals surface area contributed by atoms with Crippen molar-refractivity contribution in [1.82, 2.24) is 9.13 Å². The molecular weight excluding hydrogens is 1200 g/mol. The molecule has 1 spiro atoms. The third kappa shape index (κ3) is 6.78. The van der Waals surface area contributed by atoms with Gasteiger partial charge in [-0.05, 0) is 106 Å². The zero-order chi connectivity index (χ0) is 60.4. The maximum atomic E-state index is 2.59. The summed E-state index contributed by atoms with van der Waals surface area (Å²) >= 11 is 7.79. The Morgan fingerprint density at radius 2 is 0.688 bits per heavy atom. The number of hydrogen-bond donors (Lipinski definition) is 0. The van der Waals surface area contributed by atoms with Crippen LogP contribution in [0.5, 0.6) is 0 Å². The fraction of sp³-hybridized carbons (Fsp3) is 0.0118. The Morgan fingerprint density at radius 1 is 0.290 bits per heavy atom. The minimum Gasteiger partial charge on any atom is -0.309 e. The van der Waals surface area contributed by atoms with E-state index in [1.807, 2.05) is 46.2 Å². The van der Waals surface area contributed by atoms with Gasteiger partial charge in [-0.2, -0.15) is 0 Å². The summed E-state index contributed by atoms with van der Waals surface area (Å²) in [5, 5.41) is 10.5. The second kappa shape index (κ2) is 19.0. The van der Waals surface area contributed by atoms with Crippen LogP contribution in [0.1, 0.15) is 22.3 Å². The average molecular weight is 1250 g/mol. The Labute approximate surface area is 553 Å². The van der Waals surface area contributed by atoms with Crippen LogP contribution >= 0.6 is 46.2 Å². The van der Waals surface area contributed by atoms with Gasteiger partial charge in [0.1, 0.15) is 0 Å². The molecule has 2 aliphatic heterocycles. The zero-order valence-electron chi connectivity index (χ0n) is 49.9. The van der Waals surface area contributed by atoms with Crippen LogP contribution in [0.4, 0.5) is 0 Å². The van der Waals surface area contributed by atoms with Crippen LogP contribution in [0.2, 0.25) is 0 Å². The molecule has 14 aromatic carbocycles. The lowest BCUT2D eigenvalue weighted by Crippen LogP contribution is -2.55. The lowest BCUT2D eigenvalue weighted by molar-refractivity contribution is 0.791. The lowest BCUT2D eigenvalue weighted by Gasteiger charge is -2.33. The largest absolute Gasteiger partial charge is 0.309 e. The van der Waals surface area contributed by atoms with E-state index in [2.05, 4.69) is 300 Å². The van der Waals surface area contributed by atoms with Crippen molar-refractivity contribution in [2.45, 2.75) is 25.0 Å². The first-order valence-corrected chi connectivity index (χ1v) is 35.4. The molecule has 2 nitrogen and oxygen atoms in total. The van der Waals surface area contributed by atoms with Crippen molar-refractivity contribution in [3.05, 3.63) is 313 Å². The predicted octanol–water partition coefficient (Wildman–Crippen LogP) is 18.9. The molecule has 0 saturated carbocycles. The number of aromatic nitrogens is 2. The van der Waals surface area contributed by atoms with Crippen LogP contribution in [0.3, 0.4) is 0 Å². The minimum atomic E-state index is -0.690. The first-order valence-electron chi connectivity index (χ1n) is 32.1. The fourth-order valence-corrected chi connectivity index (χ4v) is 22.6. The van der Waals surface area contributed by atoms with Crippen molar-refractivity contribution in [2.75, 3.05) is 0 Å². The van der Waals surface area contributed by atoms with Crippen LogP contribution < -0.4 is 32.8 Å². The third-order valence-corrected chi connectivity index (χ3v) is 26.1. The number of nitrogens with zero attached hydrogens (tertiary/aromatic N) is 2. The molecule has 428 valence electrons. The molecule has 0 atom stereocenters. The van der Waals surface area contributed by atoms with Crippen molar-refractivity contribution in [3.63, 3.8) is 0 Å². The van der Waals surface area contributed by atoms with Crippen molar-refractivity contribution >= 4 is 176 Å². The third-order valence-electron chi connectivity index (χ3n) is 21.2. The van der Waals surface area contributed by atoms with Crippen molar-refractivity contribution in [2.24, 2.45) is 0 Å². The van der Waals surface area contributed by atoms with Crippen LogP contribution in [-0.4, -0.2) is 22.6 Å². The maximum absolute atomic E-state index is 2.59. The fourth-order valence-electron chi connectivity index (χ4n) is 17.5. The van der Waals surface area contributed by atoms with Gasteiger partial charge in [-0.15, -0.1) is 22.7 Å². The number of thiophene rings is 2. The molecule has 2 aliphatic carbocycles. The van der Waals surface area contributed by atoms with E-state index in [9.17, 15) is 0 Å². The minimum absolute atomic E-state index is 0.0531. The Morgan fingerprint density at radius 3 is 1.16 bits per heavy atom. The molecule has 6 heterocycles. The second-order valence-electron chi connectivity index (χ2n) is 25.6. The highest BCUT2D eigenvalue weighted by atomic mass is 32.2. The summed E-state index contributed by atoms with van der Waals surface area (Å²) in [5.74, 6) is 0. The predicted molar refractivity (Wildman–Crippen MR) is 401 cm³/mol. The van der Waals surface area contributed by atoms with Crippen molar-refractivity contribution < 1.29 is 0 Å². The summed E-state index contributed by atoms with van der Waals surface area (Å²) in [6.07, 6.45) is 0. The van der Waals surface area contributed by atoms with E-state index in [0.717, 1.165) is 11.4 Å². The molecule has 8 heteroatoms. The average Bonchev–Trinajstić information content (AvgIpc) is 1.50. The second-order valence-corrected chi connectivity index (χ2v) is 29.8. The number of hydrogen-bond acceptors (Lipinski definition) is 4. The number of benzene rings is 14. The van der Waals surface area contributed by atoms with E-state index < -0.39 is 5.41 Å². The van der Waals surface area contributed by atoms with E-state index in [-0.39, 0.29) is 13.4 Å². The molecule has 22 rings (SSSR count). The van der Waals surface area contributed by atoms with Crippen molar-refractivity contribution in [3.8, 4) is 33.6 Å². The SMILES string of the molecule is c1ccc(B2c3ccccc3Sc3c2ccc2c3-c3cc(-n4c5ccccc5c5c6sc7ccccc7c6ccc54)ccc3C23c2ccc(-n4c5ccccc5c5c6sc7ccccc7c6ccc54)cc2-c2c3ccc3c2Sc2ccccc2B3c2ccccc2)cc1. The Kier molecular flexibility index (Phi) is 10.6. The monoisotopic (exact) mass is 1250 g/mol.